The van der Waals surface area contributed by atoms with Crippen molar-refractivity contribution in [2.24, 2.45) is 5.92 Å². The van der Waals surface area contributed by atoms with Gasteiger partial charge in [-0.25, -0.2) is 0 Å². The zero-order chi connectivity index (χ0) is 14.0. The second kappa shape index (κ2) is 4.40. The van der Waals surface area contributed by atoms with Gasteiger partial charge in [0.05, 0.1) is 5.03 Å². The quantitative estimate of drug-likeness (QED) is 0.807. The van der Waals surface area contributed by atoms with Crippen molar-refractivity contribution >= 4 is 23.1 Å². The number of hydrogen-bond acceptors (Lipinski definition) is 4. The highest BCUT2D eigenvalue weighted by Crippen LogP contribution is 2.57. The Balaban J connectivity index is 1.77. The molecule has 0 amide bonds. The molecule has 0 saturated heterocycles. The highest BCUT2D eigenvalue weighted by atomic mass is 32.2. The fourth-order valence-electron chi connectivity index (χ4n) is 4.15. The molecule has 1 aliphatic carbocycles. The highest BCUT2D eigenvalue weighted by molar-refractivity contribution is 8.00. The SMILES string of the molecule is O=c1[nH]c2c(s1)[C@H]1c3ccccc3O[C@H]3CCC[C@H](S2)[C@@H]13. The summed E-state index contributed by atoms with van der Waals surface area (Å²) in [6.45, 7) is 0. The van der Waals surface area contributed by atoms with Gasteiger partial charge in [-0.2, -0.15) is 0 Å². The third-order valence-electron chi connectivity index (χ3n) is 4.95. The molecule has 0 bridgehead atoms. The first-order chi connectivity index (χ1) is 10.3. The lowest BCUT2D eigenvalue weighted by molar-refractivity contribution is 0.0666. The molecule has 2 aliphatic heterocycles. The van der Waals surface area contributed by atoms with E-state index in [2.05, 4.69) is 23.2 Å². The lowest BCUT2D eigenvalue weighted by Gasteiger charge is -2.48. The van der Waals surface area contributed by atoms with Crippen LogP contribution in [0.4, 0.5) is 0 Å². The monoisotopic (exact) mass is 317 g/mol. The molecule has 1 N–H and O–H groups in total. The van der Waals surface area contributed by atoms with Crippen LogP contribution in [0.25, 0.3) is 0 Å². The van der Waals surface area contributed by atoms with Crippen LogP contribution in [0, 0.1) is 5.92 Å². The molecular weight excluding hydrogens is 302 g/mol. The van der Waals surface area contributed by atoms with Crippen molar-refractivity contribution in [3.8, 4) is 5.75 Å². The first-order valence-electron chi connectivity index (χ1n) is 7.46. The zero-order valence-electron chi connectivity index (χ0n) is 11.4. The number of hydrogen-bond donors (Lipinski definition) is 1. The van der Waals surface area contributed by atoms with Crippen molar-refractivity contribution in [1.29, 1.82) is 0 Å². The summed E-state index contributed by atoms with van der Waals surface area (Å²) >= 11 is 3.26. The van der Waals surface area contributed by atoms with Crippen molar-refractivity contribution in [2.75, 3.05) is 0 Å². The molecule has 3 heterocycles. The summed E-state index contributed by atoms with van der Waals surface area (Å²) in [5.74, 6) is 1.87. The van der Waals surface area contributed by atoms with Gasteiger partial charge in [0, 0.05) is 27.5 Å². The van der Waals surface area contributed by atoms with E-state index in [1.807, 2.05) is 17.8 Å². The third kappa shape index (κ3) is 1.70. The Kier molecular flexibility index (Phi) is 2.59. The number of para-hydroxylation sites is 1. The topological polar surface area (TPSA) is 42.1 Å². The Morgan fingerprint density at radius 1 is 1.24 bits per heavy atom. The van der Waals surface area contributed by atoms with E-state index in [1.54, 1.807) is 0 Å². The molecule has 5 rings (SSSR count). The first kappa shape index (κ1) is 12.4. The Labute approximate surface area is 130 Å². The van der Waals surface area contributed by atoms with E-state index < -0.39 is 0 Å². The number of aromatic amines is 1. The van der Waals surface area contributed by atoms with Crippen LogP contribution in [0.5, 0.6) is 5.75 Å². The number of rotatable bonds is 0. The molecule has 2 aromatic rings. The van der Waals surface area contributed by atoms with Gasteiger partial charge in [0.25, 0.3) is 0 Å². The fourth-order valence-corrected chi connectivity index (χ4v) is 6.86. The maximum atomic E-state index is 11.9. The largest absolute Gasteiger partial charge is 0.490 e. The summed E-state index contributed by atoms with van der Waals surface area (Å²) in [6.07, 6.45) is 3.89. The Bertz CT molecular complexity index is 766. The highest BCUT2D eigenvalue weighted by Gasteiger charge is 2.50. The normalized spacial score (nSPS) is 32.6. The molecule has 5 heteroatoms. The van der Waals surface area contributed by atoms with Crippen LogP contribution in [0.1, 0.15) is 35.6 Å². The number of H-pyrrole nitrogens is 1. The number of aromatic nitrogens is 1. The third-order valence-corrected chi connectivity index (χ3v) is 7.45. The maximum absolute atomic E-state index is 11.9. The molecule has 108 valence electrons. The maximum Gasteiger partial charge on any atom is 0.305 e. The van der Waals surface area contributed by atoms with Crippen LogP contribution in [-0.4, -0.2) is 16.3 Å². The number of fused-ring (bicyclic) bond motifs is 4. The van der Waals surface area contributed by atoms with Crippen LogP contribution >= 0.6 is 23.1 Å². The van der Waals surface area contributed by atoms with Crippen molar-refractivity contribution in [2.45, 2.75) is 41.6 Å². The molecular formula is C16H15NO2S2. The average molecular weight is 317 g/mol. The van der Waals surface area contributed by atoms with Gasteiger partial charge in [-0.3, -0.25) is 4.79 Å². The second-order valence-corrected chi connectivity index (χ2v) is 8.31. The number of nitrogens with one attached hydrogen (secondary N) is 1. The standard InChI is InChI=1S/C16H15NO2S2/c18-16-17-15-14(21-16)12-8-4-1-2-5-9(8)19-10-6-3-7-11(20-15)13(10)12/h1-2,4-5,10-13H,3,6-7H2,(H,17,18)/t10-,11-,12-,13-/m0/s1. The van der Waals surface area contributed by atoms with E-state index in [4.69, 9.17) is 4.74 Å². The van der Waals surface area contributed by atoms with Crippen LogP contribution < -0.4 is 9.61 Å². The van der Waals surface area contributed by atoms with E-state index in [-0.39, 0.29) is 4.87 Å². The zero-order valence-corrected chi connectivity index (χ0v) is 13.0. The van der Waals surface area contributed by atoms with E-state index in [9.17, 15) is 4.79 Å². The van der Waals surface area contributed by atoms with Crippen molar-refractivity contribution in [3.05, 3.63) is 44.4 Å². The molecule has 0 radical (unpaired) electrons. The Morgan fingerprint density at radius 2 is 2.14 bits per heavy atom. The van der Waals surface area contributed by atoms with Crippen molar-refractivity contribution in [3.63, 3.8) is 0 Å². The van der Waals surface area contributed by atoms with E-state index in [0.29, 0.717) is 23.2 Å². The minimum atomic E-state index is 0.0756. The van der Waals surface area contributed by atoms with Crippen LogP contribution in [0.3, 0.4) is 0 Å². The van der Waals surface area contributed by atoms with Crippen molar-refractivity contribution < 1.29 is 4.74 Å². The van der Waals surface area contributed by atoms with Crippen molar-refractivity contribution in [1.82, 2.24) is 4.98 Å². The summed E-state index contributed by atoms with van der Waals surface area (Å²) in [7, 11) is 0. The molecule has 1 aromatic carbocycles. The molecule has 0 unspecified atom stereocenters. The second-order valence-electron chi connectivity index (χ2n) is 6.04. The predicted molar refractivity (Wildman–Crippen MR) is 84.6 cm³/mol. The molecule has 1 saturated carbocycles. The fraction of sp³-hybridized carbons (Fsp3) is 0.438. The van der Waals surface area contributed by atoms with Gasteiger partial charge in [-0.1, -0.05) is 29.5 Å². The predicted octanol–water partition coefficient (Wildman–Crippen LogP) is 3.60. The van der Waals surface area contributed by atoms with E-state index in [0.717, 1.165) is 17.2 Å². The van der Waals surface area contributed by atoms with E-state index in [1.165, 1.54) is 34.6 Å². The molecule has 1 aromatic heterocycles. The van der Waals surface area contributed by atoms with Gasteiger partial charge in [-0.15, -0.1) is 11.8 Å². The van der Waals surface area contributed by atoms with Crippen LogP contribution in [-0.2, 0) is 0 Å². The minimum absolute atomic E-state index is 0.0756. The Hall–Kier alpha value is -1.20. The Morgan fingerprint density at radius 3 is 3.10 bits per heavy atom. The minimum Gasteiger partial charge on any atom is -0.490 e. The molecule has 1 fully saturated rings. The molecule has 0 spiro atoms. The molecule has 4 atom stereocenters. The number of thiazole rings is 1. The summed E-state index contributed by atoms with van der Waals surface area (Å²) < 4.78 is 6.30. The summed E-state index contributed by atoms with van der Waals surface area (Å²) in [5, 5.41) is 1.67. The summed E-state index contributed by atoms with van der Waals surface area (Å²) in [5.41, 5.74) is 1.27. The van der Waals surface area contributed by atoms with E-state index >= 15 is 0 Å². The number of benzene rings is 1. The van der Waals surface area contributed by atoms with Crippen LogP contribution in [0.15, 0.2) is 34.1 Å². The number of ether oxygens (including phenoxy) is 1. The first-order valence-corrected chi connectivity index (χ1v) is 9.16. The van der Waals surface area contributed by atoms with Gasteiger partial charge >= 0.3 is 4.87 Å². The molecule has 21 heavy (non-hydrogen) atoms. The average Bonchev–Trinajstić information content (AvgIpc) is 2.87. The smallest absolute Gasteiger partial charge is 0.305 e. The van der Waals surface area contributed by atoms with Gasteiger partial charge < -0.3 is 9.72 Å². The molecule has 3 aliphatic rings. The summed E-state index contributed by atoms with van der Waals surface area (Å²) in [4.78, 5) is 16.2. The lowest BCUT2D eigenvalue weighted by atomic mass is 9.72. The lowest BCUT2D eigenvalue weighted by Crippen LogP contribution is -2.46. The van der Waals surface area contributed by atoms with Gasteiger partial charge in [0.1, 0.15) is 11.9 Å². The molecule has 3 nitrogen and oxygen atoms in total. The van der Waals surface area contributed by atoms with Crippen LogP contribution in [0.2, 0.25) is 0 Å². The van der Waals surface area contributed by atoms with Gasteiger partial charge in [-0.05, 0) is 25.3 Å². The number of thioether (sulfide) groups is 1. The van der Waals surface area contributed by atoms with Gasteiger partial charge in [0.15, 0.2) is 0 Å². The summed E-state index contributed by atoms with van der Waals surface area (Å²) in [6, 6.07) is 8.37. The van der Waals surface area contributed by atoms with Gasteiger partial charge in [0.2, 0.25) is 0 Å².